The maximum atomic E-state index is 11.9. The second-order valence-electron chi connectivity index (χ2n) is 7.70. The van der Waals surface area contributed by atoms with E-state index in [1.165, 1.54) is 0 Å². The van der Waals surface area contributed by atoms with E-state index in [0.717, 1.165) is 30.1 Å². The Kier molecular flexibility index (Phi) is 8.33. The van der Waals surface area contributed by atoms with E-state index in [2.05, 4.69) is 38.2 Å². The Labute approximate surface area is 161 Å². The molecular weight excluding hydrogens is 350 g/mol. The molecule has 0 radical (unpaired) electrons. The van der Waals surface area contributed by atoms with Crippen LogP contribution < -0.4 is 16.0 Å². The fraction of sp³-hybridized carbons (Fsp3) is 0.722. The summed E-state index contributed by atoms with van der Waals surface area (Å²) < 4.78 is 5.30. The Morgan fingerprint density at radius 1 is 1.27 bits per heavy atom. The largest absolute Gasteiger partial charge is 0.444 e. The van der Waals surface area contributed by atoms with Gasteiger partial charge in [0.1, 0.15) is 5.60 Å². The highest BCUT2D eigenvalue weighted by atomic mass is 32.1. The third-order valence-electron chi connectivity index (χ3n) is 3.34. The van der Waals surface area contributed by atoms with Gasteiger partial charge in [-0.05, 0) is 41.0 Å². The molecule has 0 aliphatic carbocycles. The lowest BCUT2D eigenvalue weighted by atomic mass is 10.1. The molecule has 1 rings (SSSR count). The number of nitrogens with one attached hydrogen (secondary N) is 3. The molecule has 0 atom stereocenters. The van der Waals surface area contributed by atoms with Crippen LogP contribution in [0.4, 0.5) is 4.79 Å². The van der Waals surface area contributed by atoms with Crippen LogP contribution in [0.5, 0.6) is 0 Å². The molecule has 0 aliphatic heterocycles. The zero-order chi connectivity index (χ0) is 19.8. The molecule has 0 spiro atoms. The fourth-order valence-corrected chi connectivity index (χ4v) is 2.86. The lowest BCUT2D eigenvalue weighted by molar-refractivity contribution is 0.0474. The van der Waals surface area contributed by atoms with E-state index in [1.807, 2.05) is 34.6 Å². The van der Waals surface area contributed by atoms with E-state index < -0.39 is 17.2 Å². The van der Waals surface area contributed by atoms with Gasteiger partial charge in [-0.2, -0.15) is 0 Å². The highest BCUT2D eigenvalue weighted by Gasteiger charge is 2.24. The number of aliphatic imine (C=N–C) groups is 1. The molecule has 8 heteroatoms. The predicted octanol–water partition coefficient (Wildman–Crippen LogP) is 2.72. The number of alkyl carbamates (subject to hydrolysis) is 1. The average molecular weight is 384 g/mol. The third kappa shape index (κ3) is 9.03. The molecule has 0 fully saturated rings. The standard InChI is InChI=1S/C18H33N5O2S/c1-8-14-22-13(11-26-14)9-10-20-15(19-7)21-12-18(5,6)23-16(24)25-17(2,3)4/h11H,8-10,12H2,1-7H3,(H,23,24)(H2,19,20,21). The van der Waals surface area contributed by atoms with Crippen LogP contribution in [0.3, 0.4) is 0 Å². The van der Waals surface area contributed by atoms with E-state index in [9.17, 15) is 4.79 Å². The van der Waals surface area contributed by atoms with Gasteiger partial charge in [0.05, 0.1) is 16.2 Å². The summed E-state index contributed by atoms with van der Waals surface area (Å²) in [7, 11) is 1.72. The molecule has 0 saturated carbocycles. The van der Waals surface area contributed by atoms with Gasteiger partial charge < -0.3 is 20.7 Å². The van der Waals surface area contributed by atoms with Crippen LogP contribution in [0.15, 0.2) is 10.4 Å². The zero-order valence-electron chi connectivity index (χ0n) is 17.0. The van der Waals surface area contributed by atoms with E-state index in [1.54, 1.807) is 18.4 Å². The molecule has 0 saturated heterocycles. The third-order valence-corrected chi connectivity index (χ3v) is 4.38. The van der Waals surface area contributed by atoms with Crippen LogP contribution in [0, 0.1) is 0 Å². The van der Waals surface area contributed by atoms with Gasteiger partial charge in [0, 0.05) is 31.9 Å². The summed E-state index contributed by atoms with van der Waals surface area (Å²) in [6.07, 6.45) is 1.39. The normalized spacial score (nSPS) is 12.7. The van der Waals surface area contributed by atoms with Gasteiger partial charge in [-0.15, -0.1) is 11.3 Å². The number of ether oxygens (including phenoxy) is 1. The van der Waals surface area contributed by atoms with Gasteiger partial charge in [-0.3, -0.25) is 4.99 Å². The second-order valence-corrected chi connectivity index (χ2v) is 8.64. The smallest absolute Gasteiger partial charge is 0.408 e. The maximum absolute atomic E-state index is 11.9. The Bertz CT molecular complexity index is 605. The first-order chi connectivity index (χ1) is 12.0. The SMILES string of the molecule is CCc1nc(CCNC(=NC)NCC(C)(C)NC(=O)OC(C)(C)C)cs1. The zero-order valence-corrected chi connectivity index (χ0v) is 17.8. The minimum Gasteiger partial charge on any atom is -0.444 e. The van der Waals surface area contributed by atoms with Gasteiger partial charge in [-0.25, -0.2) is 9.78 Å². The minimum atomic E-state index is -0.515. The van der Waals surface area contributed by atoms with Gasteiger partial charge in [0.2, 0.25) is 0 Å². The molecule has 0 aliphatic rings. The molecule has 148 valence electrons. The Hall–Kier alpha value is -1.83. The van der Waals surface area contributed by atoms with Crippen molar-refractivity contribution in [1.82, 2.24) is 20.9 Å². The topological polar surface area (TPSA) is 87.6 Å². The number of rotatable bonds is 7. The van der Waals surface area contributed by atoms with Gasteiger partial charge in [0.15, 0.2) is 5.96 Å². The number of carbonyl (C=O) groups is 1. The molecule has 26 heavy (non-hydrogen) atoms. The molecule has 1 heterocycles. The summed E-state index contributed by atoms with van der Waals surface area (Å²) in [6, 6.07) is 0. The molecule has 7 nitrogen and oxygen atoms in total. The van der Waals surface area contributed by atoms with Crippen molar-refractivity contribution in [1.29, 1.82) is 0 Å². The number of hydrogen-bond acceptors (Lipinski definition) is 5. The van der Waals surface area contributed by atoms with Crippen LogP contribution in [0.1, 0.15) is 52.2 Å². The Balaban J connectivity index is 2.38. The van der Waals surface area contributed by atoms with Gasteiger partial charge in [-0.1, -0.05) is 6.92 Å². The molecular formula is C18H33N5O2S. The summed E-state index contributed by atoms with van der Waals surface area (Å²) >= 11 is 1.70. The van der Waals surface area contributed by atoms with E-state index in [-0.39, 0.29) is 0 Å². The van der Waals surface area contributed by atoms with Crippen LogP contribution in [0.2, 0.25) is 0 Å². The predicted molar refractivity (Wildman–Crippen MR) is 108 cm³/mol. The molecule has 1 aromatic rings. The van der Waals surface area contributed by atoms with Crippen molar-refractivity contribution in [2.24, 2.45) is 4.99 Å². The van der Waals surface area contributed by atoms with Crippen LogP contribution >= 0.6 is 11.3 Å². The van der Waals surface area contributed by atoms with Crippen LogP contribution in [-0.2, 0) is 17.6 Å². The minimum absolute atomic E-state index is 0.428. The monoisotopic (exact) mass is 383 g/mol. The highest BCUT2D eigenvalue weighted by molar-refractivity contribution is 7.09. The lowest BCUT2D eigenvalue weighted by Crippen LogP contribution is -2.54. The number of amides is 1. The number of hydrogen-bond donors (Lipinski definition) is 3. The first-order valence-electron chi connectivity index (χ1n) is 8.93. The van der Waals surface area contributed by atoms with Crippen molar-refractivity contribution < 1.29 is 9.53 Å². The number of aromatic nitrogens is 1. The van der Waals surface area contributed by atoms with Gasteiger partial charge in [0.25, 0.3) is 0 Å². The first-order valence-corrected chi connectivity index (χ1v) is 9.81. The van der Waals surface area contributed by atoms with Crippen molar-refractivity contribution in [3.63, 3.8) is 0 Å². The fourth-order valence-electron chi connectivity index (χ4n) is 2.08. The number of nitrogens with zero attached hydrogens (tertiary/aromatic N) is 2. The van der Waals surface area contributed by atoms with Crippen LogP contribution in [-0.4, -0.2) is 48.3 Å². The molecule has 1 aromatic heterocycles. The van der Waals surface area contributed by atoms with E-state index in [0.29, 0.717) is 12.5 Å². The summed E-state index contributed by atoms with van der Waals surface area (Å²) in [5, 5.41) is 12.6. The quantitative estimate of drug-likeness (QED) is 0.498. The Morgan fingerprint density at radius 2 is 1.96 bits per heavy atom. The molecule has 1 amide bonds. The van der Waals surface area contributed by atoms with Crippen molar-refractivity contribution in [3.8, 4) is 0 Å². The number of guanidine groups is 1. The summed E-state index contributed by atoms with van der Waals surface area (Å²) in [5.41, 5.74) is 0.102. The van der Waals surface area contributed by atoms with E-state index in [4.69, 9.17) is 4.74 Å². The average Bonchev–Trinajstić information content (AvgIpc) is 2.96. The molecule has 0 unspecified atom stereocenters. The summed E-state index contributed by atoms with van der Waals surface area (Å²) in [5.74, 6) is 0.690. The number of aryl methyl sites for hydroxylation is 1. The molecule has 0 aromatic carbocycles. The second kappa shape index (κ2) is 9.75. The molecule has 3 N–H and O–H groups in total. The highest BCUT2D eigenvalue weighted by Crippen LogP contribution is 2.10. The van der Waals surface area contributed by atoms with Crippen molar-refractivity contribution in [3.05, 3.63) is 16.1 Å². The Morgan fingerprint density at radius 3 is 2.50 bits per heavy atom. The number of thiazole rings is 1. The first kappa shape index (κ1) is 22.2. The maximum Gasteiger partial charge on any atom is 0.408 e. The van der Waals surface area contributed by atoms with E-state index >= 15 is 0 Å². The molecule has 0 bridgehead atoms. The van der Waals surface area contributed by atoms with Crippen molar-refractivity contribution >= 4 is 23.4 Å². The lowest BCUT2D eigenvalue weighted by Gasteiger charge is -2.29. The van der Waals surface area contributed by atoms with Crippen molar-refractivity contribution in [2.45, 2.75) is 65.5 Å². The summed E-state index contributed by atoms with van der Waals surface area (Å²) in [4.78, 5) is 20.7. The van der Waals surface area contributed by atoms with Crippen molar-refractivity contribution in [2.75, 3.05) is 20.1 Å². The van der Waals surface area contributed by atoms with Gasteiger partial charge >= 0.3 is 6.09 Å². The summed E-state index contributed by atoms with van der Waals surface area (Å²) in [6.45, 7) is 12.8. The van der Waals surface area contributed by atoms with Crippen LogP contribution in [0.25, 0.3) is 0 Å². The number of carbonyl (C=O) groups excluding carboxylic acids is 1.